The van der Waals surface area contributed by atoms with Gasteiger partial charge in [-0.1, -0.05) is 11.6 Å². The number of thioether (sulfide) groups is 1. The van der Waals surface area contributed by atoms with E-state index in [0.717, 1.165) is 4.90 Å². The molecular weight excluding hydrogens is 298 g/mol. The summed E-state index contributed by atoms with van der Waals surface area (Å²) in [6.07, 6.45) is 3.26. The summed E-state index contributed by atoms with van der Waals surface area (Å²) in [5, 5.41) is 9.49. The number of carboxylic acids is 1. The minimum Gasteiger partial charge on any atom is -0.481 e. The van der Waals surface area contributed by atoms with Crippen molar-refractivity contribution in [2.75, 3.05) is 19.3 Å². The van der Waals surface area contributed by atoms with Crippen molar-refractivity contribution in [1.29, 1.82) is 0 Å². The van der Waals surface area contributed by atoms with E-state index >= 15 is 0 Å². The molecule has 0 bridgehead atoms. The number of carbonyl (C=O) groups is 2. The van der Waals surface area contributed by atoms with Gasteiger partial charge in [0.2, 0.25) is 0 Å². The van der Waals surface area contributed by atoms with Crippen LogP contribution in [-0.2, 0) is 4.79 Å². The Morgan fingerprint density at radius 1 is 1.45 bits per heavy atom. The Kier molecular flexibility index (Phi) is 4.94. The second-order valence-electron chi connectivity index (χ2n) is 4.77. The summed E-state index contributed by atoms with van der Waals surface area (Å²) >= 11 is 7.63. The number of hydrogen-bond donors (Lipinski definition) is 1. The Hall–Kier alpha value is -1.20. The minimum absolute atomic E-state index is 0.183. The van der Waals surface area contributed by atoms with Crippen LogP contribution in [0.25, 0.3) is 0 Å². The Balaban J connectivity index is 2.20. The Bertz CT molecular complexity index is 535. The van der Waals surface area contributed by atoms with Gasteiger partial charge in [-0.15, -0.1) is 11.8 Å². The van der Waals surface area contributed by atoms with E-state index in [2.05, 4.69) is 0 Å². The molecule has 1 unspecified atom stereocenters. The van der Waals surface area contributed by atoms with E-state index in [0.29, 0.717) is 30.0 Å². The first-order chi connectivity index (χ1) is 9.52. The first kappa shape index (κ1) is 15.2. The average Bonchev–Trinajstić information content (AvgIpc) is 2.47. The Morgan fingerprint density at radius 3 is 2.85 bits per heavy atom. The first-order valence-corrected chi connectivity index (χ1v) is 7.99. The van der Waals surface area contributed by atoms with Crippen molar-refractivity contribution >= 4 is 35.2 Å². The zero-order chi connectivity index (χ0) is 14.7. The van der Waals surface area contributed by atoms with Gasteiger partial charge in [-0.25, -0.2) is 0 Å². The highest BCUT2D eigenvalue weighted by Gasteiger charge is 2.29. The lowest BCUT2D eigenvalue weighted by Crippen LogP contribution is -2.42. The van der Waals surface area contributed by atoms with E-state index in [1.165, 1.54) is 11.8 Å². The molecule has 1 fully saturated rings. The normalized spacial score (nSPS) is 18.9. The number of likely N-dealkylation sites (tertiary alicyclic amines) is 1. The molecule has 0 radical (unpaired) electrons. The molecule has 108 valence electrons. The van der Waals surface area contributed by atoms with Crippen molar-refractivity contribution in [3.63, 3.8) is 0 Å². The lowest BCUT2D eigenvalue weighted by Gasteiger charge is -2.31. The summed E-state index contributed by atoms with van der Waals surface area (Å²) in [5.41, 5.74) is 0.449. The summed E-state index contributed by atoms with van der Waals surface area (Å²) in [5.74, 6) is -1.50. The van der Waals surface area contributed by atoms with Gasteiger partial charge in [-0.05, 0) is 37.3 Å². The van der Waals surface area contributed by atoms with Crippen LogP contribution in [0.2, 0.25) is 5.02 Å². The summed E-state index contributed by atoms with van der Waals surface area (Å²) < 4.78 is 0. The average molecular weight is 314 g/mol. The quantitative estimate of drug-likeness (QED) is 0.872. The van der Waals surface area contributed by atoms with E-state index in [-0.39, 0.29) is 12.5 Å². The van der Waals surface area contributed by atoms with Crippen LogP contribution in [0.4, 0.5) is 0 Å². The predicted molar refractivity (Wildman–Crippen MR) is 79.5 cm³/mol. The fourth-order valence-electron chi connectivity index (χ4n) is 2.33. The van der Waals surface area contributed by atoms with Crippen molar-refractivity contribution in [3.8, 4) is 0 Å². The molecule has 1 N–H and O–H groups in total. The third kappa shape index (κ3) is 3.27. The van der Waals surface area contributed by atoms with Gasteiger partial charge in [0.1, 0.15) is 0 Å². The highest BCUT2D eigenvalue weighted by Crippen LogP contribution is 2.26. The van der Waals surface area contributed by atoms with Crippen molar-refractivity contribution in [2.45, 2.75) is 17.7 Å². The number of rotatable bonds is 3. The van der Waals surface area contributed by atoms with Gasteiger partial charge in [-0.3, -0.25) is 9.59 Å². The third-order valence-corrected chi connectivity index (χ3v) is 4.52. The number of hydrogen-bond acceptors (Lipinski definition) is 3. The van der Waals surface area contributed by atoms with Crippen LogP contribution in [0.3, 0.4) is 0 Å². The number of carbonyl (C=O) groups excluding carboxylic acids is 1. The maximum absolute atomic E-state index is 12.5. The molecule has 4 nitrogen and oxygen atoms in total. The van der Waals surface area contributed by atoms with E-state index in [1.807, 2.05) is 12.3 Å². The summed E-state index contributed by atoms with van der Waals surface area (Å²) in [6, 6.07) is 5.33. The Morgan fingerprint density at radius 2 is 2.20 bits per heavy atom. The van der Waals surface area contributed by atoms with Crippen molar-refractivity contribution in [1.82, 2.24) is 4.90 Å². The first-order valence-electron chi connectivity index (χ1n) is 6.38. The lowest BCUT2D eigenvalue weighted by atomic mass is 9.97. The number of carboxylic acid groups (broad SMARTS) is 1. The zero-order valence-electron chi connectivity index (χ0n) is 11.1. The number of piperidine rings is 1. The molecule has 20 heavy (non-hydrogen) atoms. The molecule has 1 atom stereocenters. The maximum Gasteiger partial charge on any atom is 0.308 e. The smallest absolute Gasteiger partial charge is 0.308 e. The highest BCUT2D eigenvalue weighted by molar-refractivity contribution is 7.98. The Labute approximate surface area is 127 Å². The van der Waals surface area contributed by atoms with Crippen LogP contribution < -0.4 is 0 Å². The molecule has 1 aliphatic rings. The monoisotopic (exact) mass is 313 g/mol. The van der Waals surface area contributed by atoms with Crippen LogP contribution in [-0.4, -0.2) is 41.2 Å². The van der Waals surface area contributed by atoms with Gasteiger partial charge in [0, 0.05) is 18.0 Å². The maximum atomic E-state index is 12.5. The fourth-order valence-corrected chi connectivity index (χ4v) is 2.97. The van der Waals surface area contributed by atoms with Gasteiger partial charge in [0.25, 0.3) is 5.91 Å². The van der Waals surface area contributed by atoms with E-state index in [9.17, 15) is 9.59 Å². The molecule has 1 aliphatic heterocycles. The van der Waals surface area contributed by atoms with E-state index < -0.39 is 11.9 Å². The number of amides is 1. The second kappa shape index (κ2) is 6.50. The molecule has 1 saturated heterocycles. The second-order valence-corrected chi connectivity index (χ2v) is 6.06. The molecule has 0 saturated carbocycles. The lowest BCUT2D eigenvalue weighted by molar-refractivity contribution is -0.143. The molecule has 1 aromatic carbocycles. The van der Waals surface area contributed by atoms with Crippen molar-refractivity contribution in [3.05, 3.63) is 28.8 Å². The SMILES string of the molecule is CSc1ccc(Cl)c(C(=O)N2CCCC(C(=O)O)C2)c1. The van der Waals surface area contributed by atoms with Crippen molar-refractivity contribution in [2.24, 2.45) is 5.92 Å². The molecule has 0 spiro atoms. The minimum atomic E-state index is -0.841. The van der Waals surface area contributed by atoms with E-state index in [4.69, 9.17) is 16.7 Å². The number of halogens is 1. The van der Waals surface area contributed by atoms with E-state index in [1.54, 1.807) is 17.0 Å². The number of nitrogens with zero attached hydrogens (tertiary/aromatic N) is 1. The molecule has 2 rings (SSSR count). The molecule has 1 heterocycles. The van der Waals surface area contributed by atoms with Gasteiger partial charge < -0.3 is 10.0 Å². The molecule has 0 aliphatic carbocycles. The van der Waals surface area contributed by atoms with Crippen LogP contribution in [0.1, 0.15) is 23.2 Å². The van der Waals surface area contributed by atoms with Gasteiger partial charge in [0.05, 0.1) is 16.5 Å². The van der Waals surface area contributed by atoms with Crippen LogP contribution in [0, 0.1) is 5.92 Å². The summed E-state index contributed by atoms with van der Waals surface area (Å²) in [6.45, 7) is 0.844. The number of aliphatic carboxylic acids is 1. The van der Waals surface area contributed by atoms with Crippen LogP contribution in [0.5, 0.6) is 0 Å². The molecule has 0 aromatic heterocycles. The molecule has 1 amide bonds. The largest absolute Gasteiger partial charge is 0.481 e. The topological polar surface area (TPSA) is 57.6 Å². The fraction of sp³-hybridized carbons (Fsp3) is 0.429. The third-order valence-electron chi connectivity index (χ3n) is 3.46. The van der Waals surface area contributed by atoms with Crippen LogP contribution >= 0.6 is 23.4 Å². The van der Waals surface area contributed by atoms with Gasteiger partial charge in [0.15, 0.2) is 0 Å². The highest BCUT2D eigenvalue weighted by atomic mass is 35.5. The predicted octanol–water partition coefficient (Wildman–Crippen LogP) is 3.00. The summed E-state index contributed by atoms with van der Waals surface area (Å²) in [7, 11) is 0. The summed E-state index contributed by atoms with van der Waals surface area (Å²) in [4.78, 5) is 26.1. The van der Waals surface area contributed by atoms with Crippen LogP contribution in [0.15, 0.2) is 23.1 Å². The molecule has 1 aromatic rings. The molecule has 6 heteroatoms. The van der Waals surface area contributed by atoms with Crippen molar-refractivity contribution < 1.29 is 14.7 Å². The standard InChI is InChI=1S/C14H16ClNO3S/c1-20-10-4-5-12(15)11(7-10)13(17)16-6-2-3-9(8-16)14(18)19/h4-5,7,9H,2-3,6,8H2,1H3,(H,18,19). The van der Waals surface area contributed by atoms with Gasteiger partial charge in [-0.2, -0.15) is 0 Å². The zero-order valence-corrected chi connectivity index (χ0v) is 12.7. The van der Waals surface area contributed by atoms with Gasteiger partial charge >= 0.3 is 5.97 Å². The number of benzene rings is 1. The molecular formula is C14H16ClNO3S.